The van der Waals surface area contributed by atoms with Crippen molar-refractivity contribution in [1.82, 2.24) is 9.80 Å². The molecule has 4 atom stereocenters. The monoisotopic (exact) mass is 348 g/mol. The van der Waals surface area contributed by atoms with E-state index in [1.54, 1.807) is 24.1 Å². The van der Waals surface area contributed by atoms with Crippen molar-refractivity contribution in [2.45, 2.75) is 44.9 Å². The Morgan fingerprint density at radius 2 is 1.92 bits per heavy atom. The molecule has 0 spiro atoms. The molecule has 0 N–H and O–H groups in total. The molecular formula is C19H25FN2O3. The molecule has 0 aliphatic carbocycles. The highest BCUT2D eigenvalue weighted by molar-refractivity contribution is 5.85. The van der Waals surface area contributed by atoms with E-state index >= 15 is 0 Å². The SMILES string of the molecule is C[C@@H]1CN(C(=O)[C@@H]2CCC(=O)N(C)[C@H]2c2cccc(F)c2)C[C@@H](C)O1. The fraction of sp³-hybridized carbons (Fsp3) is 0.579. The molecule has 136 valence electrons. The van der Waals surface area contributed by atoms with E-state index < -0.39 is 6.04 Å². The average molecular weight is 348 g/mol. The fourth-order valence-electron chi connectivity index (χ4n) is 4.04. The first-order valence-corrected chi connectivity index (χ1v) is 8.82. The Hall–Kier alpha value is -1.95. The minimum absolute atomic E-state index is 0.0109. The zero-order chi connectivity index (χ0) is 18.1. The topological polar surface area (TPSA) is 49.9 Å². The van der Waals surface area contributed by atoms with Crippen molar-refractivity contribution in [1.29, 1.82) is 0 Å². The Balaban J connectivity index is 1.89. The number of hydrogen-bond acceptors (Lipinski definition) is 3. The zero-order valence-corrected chi connectivity index (χ0v) is 14.9. The van der Waals surface area contributed by atoms with Crippen molar-refractivity contribution in [2.75, 3.05) is 20.1 Å². The Bertz CT molecular complexity index is 656. The number of morpholine rings is 1. The maximum atomic E-state index is 13.7. The van der Waals surface area contributed by atoms with Gasteiger partial charge in [-0.15, -0.1) is 0 Å². The molecule has 25 heavy (non-hydrogen) atoms. The second-order valence-electron chi connectivity index (χ2n) is 7.15. The summed E-state index contributed by atoms with van der Waals surface area (Å²) >= 11 is 0. The van der Waals surface area contributed by atoms with Gasteiger partial charge in [-0.1, -0.05) is 12.1 Å². The number of rotatable bonds is 2. The van der Waals surface area contributed by atoms with Crippen molar-refractivity contribution >= 4 is 11.8 Å². The molecule has 0 unspecified atom stereocenters. The number of halogens is 1. The summed E-state index contributed by atoms with van der Waals surface area (Å²) in [6, 6.07) is 5.77. The van der Waals surface area contributed by atoms with Gasteiger partial charge >= 0.3 is 0 Å². The molecular weight excluding hydrogens is 323 g/mol. The Morgan fingerprint density at radius 3 is 2.56 bits per heavy atom. The largest absolute Gasteiger partial charge is 0.372 e. The molecule has 2 fully saturated rings. The first kappa shape index (κ1) is 17.9. The summed E-state index contributed by atoms with van der Waals surface area (Å²) in [7, 11) is 1.70. The van der Waals surface area contributed by atoms with Gasteiger partial charge in [-0.2, -0.15) is 0 Å². The predicted molar refractivity (Wildman–Crippen MR) is 91.2 cm³/mol. The minimum atomic E-state index is -0.432. The van der Waals surface area contributed by atoms with Crippen molar-refractivity contribution in [3.8, 4) is 0 Å². The van der Waals surface area contributed by atoms with E-state index in [9.17, 15) is 14.0 Å². The van der Waals surface area contributed by atoms with Crippen molar-refractivity contribution in [2.24, 2.45) is 5.92 Å². The molecule has 1 aromatic carbocycles. The maximum absolute atomic E-state index is 13.7. The van der Waals surface area contributed by atoms with Crippen LogP contribution in [0.5, 0.6) is 0 Å². The molecule has 2 aliphatic rings. The zero-order valence-electron chi connectivity index (χ0n) is 14.9. The van der Waals surface area contributed by atoms with E-state index in [2.05, 4.69) is 0 Å². The second-order valence-corrected chi connectivity index (χ2v) is 7.15. The van der Waals surface area contributed by atoms with Crippen LogP contribution in [0.4, 0.5) is 4.39 Å². The average Bonchev–Trinajstić information content (AvgIpc) is 2.55. The van der Waals surface area contributed by atoms with E-state index in [1.165, 1.54) is 12.1 Å². The number of piperidine rings is 1. The highest BCUT2D eigenvalue weighted by atomic mass is 19.1. The number of carbonyl (C=O) groups is 2. The molecule has 0 radical (unpaired) electrons. The van der Waals surface area contributed by atoms with Crippen LogP contribution in [0, 0.1) is 11.7 Å². The van der Waals surface area contributed by atoms with E-state index in [0.717, 1.165) is 0 Å². The molecule has 2 heterocycles. The molecule has 2 amide bonds. The van der Waals surface area contributed by atoms with Gasteiger partial charge in [0.2, 0.25) is 11.8 Å². The third-order valence-corrected chi connectivity index (χ3v) is 5.10. The molecule has 0 saturated carbocycles. The minimum Gasteiger partial charge on any atom is -0.372 e. The van der Waals surface area contributed by atoms with Crippen LogP contribution < -0.4 is 0 Å². The van der Waals surface area contributed by atoms with Crippen LogP contribution in [-0.4, -0.2) is 54.0 Å². The third kappa shape index (κ3) is 3.68. The van der Waals surface area contributed by atoms with E-state index in [1.807, 2.05) is 18.7 Å². The van der Waals surface area contributed by atoms with Crippen molar-refractivity contribution < 1.29 is 18.7 Å². The summed E-state index contributed by atoms with van der Waals surface area (Å²) in [5.41, 5.74) is 0.670. The van der Waals surface area contributed by atoms with Gasteiger partial charge in [0.25, 0.3) is 0 Å². The molecule has 6 heteroatoms. The van der Waals surface area contributed by atoms with Crippen LogP contribution in [0.1, 0.15) is 38.3 Å². The van der Waals surface area contributed by atoms with E-state index in [4.69, 9.17) is 4.74 Å². The Labute approximate surface area is 147 Å². The fourth-order valence-corrected chi connectivity index (χ4v) is 4.04. The molecule has 0 bridgehead atoms. The molecule has 3 rings (SSSR count). The first-order valence-electron chi connectivity index (χ1n) is 8.82. The molecule has 5 nitrogen and oxygen atoms in total. The first-order chi connectivity index (χ1) is 11.9. The highest BCUT2D eigenvalue weighted by Crippen LogP contribution is 2.37. The van der Waals surface area contributed by atoms with Gasteiger partial charge in [-0.05, 0) is 38.0 Å². The summed E-state index contributed by atoms with van der Waals surface area (Å²) in [6.45, 7) is 5.01. The standard InChI is InChI=1S/C19H25FN2O3/c1-12-10-22(11-13(2)25-12)19(24)16-7-8-17(23)21(3)18(16)14-5-4-6-15(20)9-14/h4-6,9,12-13,16,18H,7-8,10-11H2,1-3H3/t12-,13-,16-,18+/m1/s1. The van der Waals surface area contributed by atoms with Gasteiger partial charge in [0, 0.05) is 26.6 Å². The van der Waals surface area contributed by atoms with Gasteiger partial charge < -0.3 is 14.5 Å². The lowest BCUT2D eigenvalue weighted by Crippen LogP contribution is -2.53. The van der Waals surface area contributed by atoms with Crippen LogP contribution >= 0.6 is 0 Å². The number of nitrogens with zero attached hydrogens (tertiary/aromatic N) is 2. The molecule has 2 aliphatic heterocycles. The van der Waals surface area contributed by atoms with Gasteiger partial charge in [0.1, 0.15) is 5.82 Å². The smallest absolute Gasteiger partial charge is 0.228 e. The number of amides is 2. The summed E-state index contributed by atoms with van der Waals surface area (Å²) in [5, 5.41) is 0. The number of benzene rings is 1. The number of carbonyl (C=O) groups excluding carboxylic acids is 2. The molecule has 1 aromatic rings. The maximum Gasteiger partial charge on any atom is 0.228 e. The van der Waals surface area contributed by atoms with E-state index in [-0.39, 0.29) is 35.8 Å². The Kier molecular flexibility index (Phi) is 5.08. The highest BCUT2D eigenvalue weighted by Gasteiger charge is 2.41. The van der Waals surface area contributed by atoms with Crippen molar-refractivity contribution in [3.05, 3.63) is 35.6 Å². The lowest BCUT2D eigenvalue weighted by Gasteiger charge is -2.43. The number of likely N-dealkylation sites (tertiary alicyclic amines) is 1. The summed E-state index contributed by atoms with van der Waals surface area (Å²) < 4.78 is 19.4. The van der Waals surface area contributed by atoms with E-state index in [0.29, 0.717) is 31.5 Å². The normalized spacial score (nSPS) is 30.5. The van der Waals surface area contributed by atoms with Crippen LogP contribution in [-0.2, 0) is 14.3 Å². The van der Waals surface area contributed by atoms with Crippen LogP contribution in [0.2, 0.25) is 0 Å². The van der Waals surface area contributed by atoms with Crippen LogP contribution in [0.3, 0.4) is 0 Å². The quantitative estimate of drug-likeness (QED) is 0.824. The molecule has 0 aromatic heterocycles. The van der Waals surface area contributed by atoms with Gasteiger partial charge in [-0.25, -0.2) is 4.39 Å². The predicted octanol–water partition coefficient (Wildman–Crippen LogP) is 2.37. The number of ether oxygens (including phenoxy) is 1. The Morgan fingerprint density at radius 1 is 1.24 bits per heavy atom. The lowest BCUT2D eigenvalue weighted by atomic mass is 9.83. The lowest BCUT2D eigenvalue weighted by molar-refractivity contribution is -0.154. The van der Waals surface area contributed by atoms with Crippen LogP contribution in [0.25, 0.3) is 0 Å². The second kappa shape index (κ2) is 7.12. The summed E-state index contributed by atoms with van der Waals surface area (Å²) in [4.78, 5) is 28.8. The van der Waals surface area contributed by atoms with Gasteiger partial charge in [0.05, 0.1) is 24.2 Å². The van der Waals surface area contributed by atoms with Gasteiger partial charge in [0.15, 0.2) is 0 Å². The molecule has 2 saturated heterocycles. The number of hydrogen-bond donors (Lipinski definition) is 0. The summed E-state index contributed by atoms with van der Waals surface area (Å²) in [5.74, 6) is -0.705. The third-order valence-electron chi connectivity index (χ3n) is 5.10. The summed E-state index contributed by atoms with van der Waals surface area (Å²) in [6.07, 6.45) is 0.809. The van der Waals surface area contributed by atoms with Crippen molar-refractivity contribution in [3.63, 3.8) is 0 Å². The van der Waals surface area contributed by atoms with Gasteiger partial charge in [-0.3, -0.25) is 9.59 Å². The van der Waals surface area contributed by atoms with Crippen LogP contribution in [0.15, 0.2) is 24.3 Å².